The summed E-state index contributed by atoms with van der Waals surface area (Å²) in [4.78, 5) is 29.0. The van der Waals surface area contributed by atoms with Crippen LogP contribution >= 0.6 is 0 Å². The molecule has 30 heavy (non-hydrogen) atoms. The summed E-state index contributed by atoms with van der Waals surface area (Å²) >= 11 is 0. The van der Waals surface area contributed by atoms with Gasteiger partial charge in [0.15, 0.2) is 0 Å². The number of methoxy groups -OCH3 is 2. The molecule has 1 aliphatic heterocycles. The lowest BCUT2D eigenvalue weighted by atomic mass is 9.95. The van der Waals surface area contributed by atoms with Gasteiger partial charge >= 0.3 is 0 Å². The minimum absolute atomic E-state index is 0.0721. The molecule has 6 heteroatoms. The van der Waals surface area contributed by atoms with Gasteiger partial charge in [-0.25, -0.2) is 0 Å². The Bertz CT molecular complexity index is 866. The highest BCUT2D eigenvalue weighted by molar-refractivity contribution is 5.83. The number of ether oxygens (including phenoxy) is 2. The number of nitrogens with zero attached hydrogens (tertiary/aromatic N) is 2. The number of benzene rings is 2. The van der Waals surface area contributed by atoms with Crippen molar-refractivity contribution in [1.29, 1.82) is 0 Å². The predicted octanol–water partition coefficient (Wildman–Crippen LogP) is 3.14. The second kappa shape index (κ2) is 10.1. The molecule has 2 amide bonds. The first kappa shape index (κ1) is 21.7. The van der Waals surface area contributed by atoms with Crippen LogP contribution in [0.3, 0.4) is 0 Å². The maximum atomic E-state index is 13.0. The van der Waals surface area contributed by atoms with Crippen molar-refractivity contribution < 1.29 is 19.1 Å². The van der Waals surface area contributed by atoms with E-state index in [1.807, 2.05) is 60.5 Å². The molecule has 2 aromatic carbocycles. The fourth-order valence-corrected chi connectivity index (χ4v) is 3.87. The van der Waals surface area contributed by atoms with Gasteiger partial charge in [0.25, 0.3) is 0 Å². The quantitative estimate of drug-likeness (QED) is 0.671. The van der Waals surface area contributed by atoms with E-state index in [-0.39, 0.29) is 17.7 Å². The fourth-order valence-electron chi connectivity index (χ4n) is 3.87. The Morgan fingerprint density at radius 3 is 2.53 bits per heavy atom. The van der Waals surface area contributed by atoms with Crippen molar-refractivity contribution in [1.82, 2.24) is 9.80 Å². The zero-order valence-corrected chi connectivity index (χ0v) is 18.0. The zero-order valence-electron chi connectivity index (χ0n) is 18.0. The van der Waals surface area contributed by atoms with E-state index in [0.29, 0.717) is 32.5 Å². The topological polar surface area (TPSA) is 59.1 Å². The molecule has 3 rings (SSSR count). The maximum absolute atomic E-state index is 13.0. The average molecular weight is 411 g/mol. The third-order valence-corrected chi connectivity index (χ3v) is 5.66. The molecule has 0 bridgehead atoms. The summed E-state index contributed by atoms with van der Waals surface area (Å²) in [5, 5.41) is 0. The molecule has 1 heterocycles. The van der Waals surface area contributed by atoms with Gasteiger partial charge in [-0.1, -0.05) is 30.3 Å². The van der Waals surface area contributed by atoms with Crippen molar-refractivity contribution in [3.05, 3.63) is 59.7 Å². The number of hydrogen-bond acceptors (Lipinski definition) is 4. The predicted molar refractivity (Wildman–Crippen MR) is 115 cm³/mol. The number of para-hydroxylation sites is 1. The van der Waals surface area contributed by atoms with Gasteiger partial charge in [-0.2, -0.15) is 0 Å². The summed E-state index contributed by atoms with van der Waals surface area (Å²) in [6.45, 7) is 1.58. The molecule has 1 saturated heterocycles. The van der Waals surface area contributed by atoms with E-state index < -0.39 is 0 Å². The monoisotopic (exact) mass is 410 g/mol. The SMILES string of the molecule is COc1ccc(CCN2C[C@@H](C(=O)N(C)Cc3ccccc3OC)CCC2=O)cc1. The Kier molecular flexibility index (Phi) is 7.33. The minimum atomic E-state index is -0.168. The Labute approximate surface area is 178 Å². The molecule has 0 aliphatic carbocycles. The molecule has 0 N–H and O–H groups in total. The number of rotatable bonds is 8. The van der Waals surface area contributed by atoms with Gasteiger partial charge in [0, 0.05) is 38.7 Å². The van der Waals surface area contributed by atoms with Crippen LogP contribution in [-0.2, 0) is 22.6 Å². The first-order valence-electron chi connectivity index (χ1n) is 10.3. The summed E-state index contributed by atoms with van der Waals surface area (Å²) in [6, 6.07) is 15.6. The molecule has 0 aromatic heterocycles. The largest absolute Gasteiger partial charge is 0.497 e. The summed E-state index contributed by atoms with van der Waals surface area (Å²) < 4.78 is 10.6. The molecule has 0 spiro atoms. The Morgan fingerprint density at radius 2 is 1.83 bits per heavy atom. The van der Waals surface area contributed by atoms with Crippen LogP contribution in [0.4, 0.5) is 0 Å². The number of likely N-dealkylation sites (tertiary alicyclic amines) is 1. The summed E-state index contributed by atoms with van der Waals surface area (Å²) in [5.41, 5.74) is 2.12. The van der Waals surface area contributed by atoms with Crippen molar-refractivity contribution in [2.45, 2.75) is 25.8 Å². The minimum Gasteiger partial charge on any atom is -0.497 e. The van der Waals surface area contributed by atoms with E-state index in [9.17, 15) is 9.59 Å². The molecule has 0 unspecified atom stereocenters. The van der Waals surface area contributed by atoms with Crippen LogP contribution in [0, 0.1) is 5.92 Å². The van der Waals surface area contributed by atoms with Gasteiger partial charge in [-0.3, -0.25) is 9.59 Å². The molecule has 6 nitrogen and oxygen atoms in total. The standard InChI is InChI=1S/C24H30N2O4/c1-25(16-19-6-4-5-7-22(19)30-3)24(28)20-10-13-23(27)26(17-20)15-14-18-8-11-21(29-2)12-9-18/h4-9,11-12,20H,10,13-17H2,1-3H3/t20-/m0/s1. The fraction of sp³-hybridized carbons (Fsp3) is 0.417. The van der Waals surface area contributed by atoms with E-state index in [4.69, 9.17) is 9.47 Å². The molecule has 2 aromatic rings. The normalized spacial score (nSPS) is 16.3. The summed E-state index contributed by atoms with van der Waals surface area (Å²) in [7, 11) is 5.09. The summed E-state index contributed by atoms with van der Waals surface area (Å²) in [5.74, 6) is 1.62. The number of carbonyl (C=O) groups is 2. The number of hydrogen-bond donors (Lipinski definition) is 0. The van der Waals surface area contributed by atoms with E-state index in [1.165, 1.54) is 0 Å². The van der Waals surface area contributed by atoms with Crippen molar-refractivity contribution in [2.75, 3.05) is 34.4 Å². The van der Waals surface area contributed by atoms with Gasteiger partial charge < -0.3 is 19.3 Å². The first-order valence-corrected chi connectivity index (χ1v) is 10.3. The van der Waals surface area contributed by atoms with E-state index in [2.05, 4.69) is 0 Å². The molecule has 160 valence electrons. The van der Waals surface area contributed by atoms with Crippen molar-refractivity contribution in [2.24, 2.45) is 5.92 Å². The maximum Gasteiger partial charge on any atom is 0.227 e. The highest BCUT2D eigenvalue weighted by atomic mass is 16.5. The number of carbonyl (C=O) groups excluding carboxylic acids is 2. The van der Waals surface area contributed by atoms with Gasteiger partial charge in [0.05, 0.1) is 20.1 Å². The molecule has 0 saturated carbocycles. The van der Waals surface area contributed by atoms with Crippen LogP contribution < -0.4 is 9.47 Å². The summed E-state index contributed by atoms with van der Waals surface area (Å²) in [6.07, 6.45) is 1.78. The Balaban J connectivity index is 1.57. The highest BCUT2D eigenvalue weighted by Crippen LogP contribution is 2.23. The average Bonchev–Trinajstić information content (AvgIpc) is 2.78. The third-order valence-electron chi connectivity index (χ3n) is 5.66. The van der Waals surface area contributed by atoms with Crippen LogP contribution in [0.2, 0.25) is 0 Å². The van der Waals surface area contributed by atoms with Crippen LogP contribution in [0.15, 0.2) is 48.5 Å². The molecule has 1 aliphatic rings. The first-order chi connectivity index (χ1) is 14.5. The molecule has 1 atom stereocenters. The lowest BCUT2D eigenvalue weighted by Crippen LogP contribution is -2.46. The van der Waals surface area contributed by atoms with Gasteiger partial charge in [0.2, 0.25) is 11.8 Å². The third kappa shape index (κ3) is 5.32. The van der Waals surface area contributed by atoms with Crippen LogP contribution in [0.25, 0.3) is 0 Å². The Hall–Kier alpha value is -3.02. The van der Waals surface area contributed by atoms with Gasteiger partial charge in [-0.15, -0.1) is 0 Å². The molecule has 1 fully saturated rings. The Morgan fingerprint density at radius 1 is 1.10 bits per heavy atom. The van der Waals surface area contributed by atoms with Gasteiger partial charge in [0.1, 0.15) is 11.5 Å². The molecular formula is C24H30N2O4. The zero-order chi connectivity index (χ0) is 21.5. The van der Waals surface area contributed by atoms with E-state index >= 15 is 0 Å². The second-order valence-electron chi connectivity index (χ2n) is 7.68. The second-order valence-corrected chi connectivity index (χ2v) is 7.68. The van der Waals surface area contributed by atoms with Crippen LogP contribution in [0.5, 0.6) is 11.5 Å². The lowest BCUT2D eigenvalue weighted by molar-refractivity contribution is -0.142. The lowest BCUT2D eigenvalue weighted by Gasteiger charge is -2.34. The number of piperidine rings is 1. The number of amides is 2. The molecular weight excluding hydrogens is 380 g/mol. The smallest absolute Gasteiger partial charge is 0.227 e. The van der Waals surface area contributed by atoms with Gasteiger partial charge in [-0.05, 0) is 36.6 Å². The van der Waals surface area contributed by atoms with Crippen LogP contribution in [0.1, 0.15) is 24.0 Å². The van der Waals surface area contributed by atoms with E-state index in [0.717, 1.165) is 29.0 Å². The van der Waals surface area contributed by atoms with Crippen LogP contribution in [-0.4, -0.2) is 56.0 Å². The van der Waals surface area contributed by atoms with Crippen molar-refractivity contribution in [3.8, 4) is 11.5 Å². The van der Waals surface area contributed by atoms with Crippen molar-refractivity contribution >= 4 is 11.8 Å². The highest BCUT2D eigenvalue weighted by Gasteiger charge is 2.31. The van der Waals surface area contributed by atoms with Crippen molar-refractivity contribution in [3.63, 3.8) is 0 Å². The van der Waals surface area contributed by atoms with E-state index in [1.54, 1.807) is 19.1 Å². The molecule has 0 radical (unpaired) electrons.